The van der Waals surface area contributed by atoms with E-state index in [9.17, 15) is 9.59 Å². The Hall–Kier alpha value is -2.35. The summed E-state index contributed by atoms with van der Waals surface area (Å²) in [6, 6.07) is 7.14. The number of methoxy groups -OCH3 is 1. The number of thioether (sulfide) groups is 1. The maximum atomic E-state index is 11.5. The fraction of sp³-hybridized carbons (Fsp3) is 0.231. The normalized spacial score (nSPS) is 10.2. The topological polar surface area (TPSA) is 94.3 Å². The molecule has 0 atom stereocenters. The fourth-order valence-electron chi connectivity index (χ4n) is 1.53. The van der Waals surface area contributed by atoms with E-state index in [-0.39, 0.29) is 28.7 Å². The van der Waals surface area contributed by atoms with Crippen molar-refractivity contribution in [1.82, 2.24) is 10.2 Å². The molecule has 0 saturated carbocycles. The van der Waals surface area contributed by atoms with Gasteiger partial charge in [0.05, 0.1) is 18.4 Å². The van der Waals surface area contributed by atoms with E-state index in [4.69, 9.17) is 9.15 Å². The molecular weight excluding hydrogens is 294 g/mol. The lowest BCUT2D eigenvalue weighted by Gasteiger charge is -2.03. The molecule has 8 heteroatoms. The Morgan fingerprint density at radius 2 is 2.10 bits per heavy atom. The summed E-state index contributed by atoms with van der Waals surface area (Å²) in [4.78, 5) is 22.3. The summed E-state index contributed by atoms with van der Waals surface area (Å²) >= 11 is 0.907. The quantitative estimate of drug-likeness (QED) is 0.902. The monoisotopic (exact) mass is 307 g/mol. The number of benzene rings is 1. The van der Waals surface area contributed by atoms with Crippen LogP contribution < -0.4 is 10.1 Å². The number of carbonyl (C=O) groups excluding carboxylic acids is 2. The van der Waals surface area contributed by atoms with Crippen molar-refractivity contribution in [3.63, 3.8) is 0 Å². The SMILES string of the molecule is COc1ccccc1-c1nnc(NC(=O)CSC(C)=O)o1. The van der Waals surface area contributed by atoms with Gasteiger partial charge in [0, 0.05) is 6.92 Å². The number of carbonyl (C=O) groups is 2. The van der Waals surface area contributed by atoms with E-state index in [1.165, 1.54) is 14.0 Å². The lowest BCUT2D eigenvalue weighted by Crippen LogP contribution is -2.15. The molecule has 1 heterocycles. The summed E-state index contributed by atoms with van der Waals surface area (Å²) < 4.78 is 10.6. The first-order valence-corrected chi connectivity index (χ1v) is 6.99. The molecule has 110 valence electrons. The van der Waals surface area contributed by atoms with Crippen LogP contribution in [0.1, 0.15) is 6.92 Å². The summed E-state index contributed by atoms with van der Waals surface area (Å²) in [5.74, 6) is 0.445. The molecule has 0 aliphatic heterocycles. The maximum Gasteiger partial charge on any atom is 0.322 e. The highest BCUT2D eigenvalue weighted by molar-refractivity contribution is 8.14. The number of ether oxygens (including phenoxy) is 1. The Kier molecular flexibility index (Phi) is 4.94. The van der Waals surface area contributed by atoms with Crippen molar-refractivity contribution in [2.24, 2.45) is 0 Å². The van der Waals surface area contributed by atoms with Crippen LogP contribution in [0.15, 0.2) is 28.7 Å². The molecule has 0 aliphatic rings. The van der Waals surface area contributed by atoms with E-state index in [1.807, 2.05) is 12.1 Å². The van der Waals surface area contributed by atoms with Crippen molar-refractivity contribution in [3.05, 3.63) is 24.3 Å². The van der Waals surface area contributed by atoms with Crippen LogP contribution in [-0.4, -0.2) is 34.1 Å². The second-order valence-electron chi connectivity index (χ2n) is 3.94. The molecule has 0 saturated heterocycles. The molecule has 2 rings (SSSR count). The highest BCUT2D eigenvalue weighted by atomic mass is 32.2. The van der Waals surface area contributed by atoms with Crippen LogP contribution in [0.5, 0.6) is 5.75 Å². The zero-order valence-corrected chi connectivity index (χ0v) is 12.3. The average Bonchev–Trinajstić information content (AvgIpc) is 2.93. The number of anilines is 1. The van der Waals surface area contributed by atoms with Crippen LogP contribution in [0.25, 0.3) is 11.5 Å². The third-order valence-corrected chi connectivity index (χ3v) is 3.23. The second kappa shape index (κ2) is 6.89. The van der Waals surface area contributed by atoms with E-state index in [2.05, 4.69) is 15.5 Å². The van der Waals surface area contributed by atoms with Gasteiger partial charge < -0.3 is 9.15 Å². The van der Waals surface area contributed by atoms with Crippen molar-refractivity contribution < 1.29 is 18.7 Å². The van der Waals surface area contributed by atoms with Gasteiger partial charge in [0.15, 0.2) is 5.12 Å². The minimum Gasteiger partial charge on any atom is -0.496 e. The molecule has 0 radical (unpaired) electrons. The van der Waals surface area contributed by atoms with Crippen molar-refractivity contribution in [2.75, 3.05) is 18.2 Å². The van der Waals surface area contributed by atoms with Gasteiger partial charge in [-0.1, -0.05) is 29.0 Å². The lowest BCUT2D eigenvalue weighted by atomic mass is 10.2. The molecule has 1 aromatic carbocycles. The number of nitrogens with one attached hydrogen (secondary N) is 1. The van der Waals surface area contributed by atoms with E-state index in [0.29, 0.717) is 11.3 Å². The number of hydrogen-bond acceptors (Lipinski definition) is 7. The van der Waals surface area contributed by atoms with Crippen LogP contribution in [0.2, 0.25) is 0 Å². The predicted octanol–water partition coefficient (Wildman–Crippen LogP) is 1.96. The van der Waals surface area contributed by atoms with Crippen molar-refractivity contribution in [1.29, 1.82) is 0 Å². The minimum absolute atomic E-state index is 0.00169. The second-order valence-corrected chi connectivity index (χ2v) is 5.09. The molecule has 2 aromatic rings. The van der Waals surface area contributed by atoms with Crippen molar-refractivity contribution in [3.8, 4) is 17.2 Å². The maximum absolute atomic E-state index is 11.5. The standard InChI is InChI=1S/C13H13N3O4S/c1-8(17)21-7-11(18)14-13-16-15-12(20-13)9-5-3-4-6-10(9)19-2/h3-6H,7H2,1-2H3,(H,14,16,18). The molecule has 1 amide bonds. The Bertz CT molecular complexity index is 656. The number of amides is 1. The third-order valence-electron chi connectivity index (χ3n) is 2.42. The zero-order valence-electron chi connectivity index (χ0n) is 11.5. The fourth-order valence-corrected chi connectivity index (χ4v) is 1.93. The van der Waals surface area contributed by atoms with Gasteiger partial charge in [0.25, 0.3) is 5.89 Å². The van der Waals surface area contributed by atoms with Gasteiger partial charge in [-0.25, -0.2) is 0 Å². The third kappa shape index (κ3) is 4.06. The Balaban J connectivity index is 2.08. The molecule has 0 aliphatic carbocycles. The summed E-state index contributed by atoms with van der Waals surface area (Å²) in [7, 11) is 1.54. The number of aromatic nitrogens is 2. The van der Waals surface area contributed by atoms with Gasteiger partial charge in [-0.2, -0.15) is 0 Å². The molecule has 7 nitrogen and oxygen atoms in total. The zero-order chi connectivity index (χ0) is 15.2. The van der Waals surface area contributed by atoms with E-state index < -0.39 is 0 Å². The average molecular weight is 307 g/mol. The number of nitrogens with zero attached hydrogens (tertiary/aromatic N) is 2. The molecular formula is C13H13N3O4S. The van der Waals surface area contributed by atoms with Crippen molar-refractivity contribution >= 4 is 28.8 Å². The van der Waals surface area contributed by atoms with Crippen molar-refractivity contribution in [2.45, 2.75) is 6.92 Å². The Labute approximate surface area is 125 Å². The lowest BCUT2D eigenvalue weighted by molar-refractivity contribution is -0.114. The molecule has 0 spiro atoms. The predicted molar refractivity (Wildman–Crippen MR) is 78.1 cm³/mol. The minimum atomic E-state index is -0.384. The molecule has 0 unspecified atom stereocenters. The summed E-state index contributed by atoms with van der Waals surface area (Å²) in [6.07, 6.45) is 0. The van der Waals surface area contributed by atoms with E-state index in [0.717, 1.165) is 11.8 Å². The van der Waals surface area contributed by atoms with Gasteiger partial charge in [-0.05, 0) is 12.1 Å². The smallest absolute Gasteiger partial charge is 0.322 e. The highest BCUT2D eigenvalue weighted by Crippen LogP contribution is 2.29. The number of rotatable bonds is 5. The van der Waals surface area contributed by atoms with Gasteiger partial charge >= 0.3 is 6.01 Å². The summed E-state index contributed by atoms with van der Waals surface area (Å²) in [5, 5.41) is 9.89. The van der Waals surface area contributed by atoms with Crippen LogP contribution in [-0.2, 0) is 9.59 Å². The number of hydrogen-bond donors (Lipinski definition) is 1. The van der Waals surface area contributed by atoms with Crippen LogP contribution in [0.4, 0.5) is 6.01 Å². The molecule has 1 aromatic heterocycles. The Morgan fingerprint density at radius 3 is 2.81 bits per heavy atom. The Morgan fingerprint density at radius 1 is 1.33 bits per heavy atom. The first-order chi connectivity index (χ1) is 10.1. The van der Waals surface area contributed by atoms with Crippen LogP contribution in [0, 0.1) is 0 Å². The molecule has 1 N–H and O–H groups in total. The van der Waals surface area contributed by atoms with Gasteiger partial charge in [0.2, 0.25) is 5.91 Å². The van der Waals surface area contributed by atoms with E-state index >= 15 is 0 Å². The first-order valence-electron chi connectivity index (χ1n) is 6.00. The summed E-state index contributed by atoms with van der Waals surface area (Å²) in [5.41, 5.74) is 0.631. The van der Waals surface area contributed by atoms with Crippen LogP contribution in [0.3, 0.4) is 0 Å². The first kappa shape index (κ1) is 15.0. The largest absolute Gasteiger partial charge is 0.496 e. The molecule has 0 bridgehead atoms. The molecule has 0 fully saturated rings. The van der Waals surface area contributed by atoms with Crippen LogP contribution >= 0.6 is 11.8 Å². The highest BCUT2D eigenvalue weighted by Gasteiger charge is 2.14. The summed E-state index contributed by atoms with van der Waals surface area (Å²) in [6.45, 7) is 1.39. The number of para-hydroxylation sites is 1. The van der Waals surface area contributed by atoms with Gasteiger partial charge in [-0.15, -0.1) is 5.10 Å². The van der Waals surface area contributed by atoms with E-state index in [1.54, 1.807) is 12.1 Å². The van der Waals surface area contributed by atoms with Gasteiger partial charge in [-0.3, -0.25) is 14.9 Å². The molecule has 21 heavy (non-hydrogen) atoms. The van der Waals surface area contributed by atoms with Gasteiger partial charge in [0.1, 0.15) is 5.75 Å².